The predicted octanol–water partition coefficient (Wildman–Crippen LogP) is 5.50. The van der Waals surface area contributed by atoms with Gasteiger partial charge in [-0.1, -0.05) is 43.5 Å². The maximum atomic E-state index is 13.4. The average molecular weight is 475 g/mol. The molecule has 0 aromatic heterocycles. The summed E-state index contributed by atoms with van der Waals surface area (Å²) in [7, 11) is 0. The lowest BCUT2D eigenvalue weighted by Gasteiger charge is -2.31. The molecular weight excluding hydrogens is 443 g/mol. The van der Waals surface area contributed by atoms with Gasteiger partial charge < -0.3 is 15.0 Å². The van der Waals surface area contributed by atoms with E-state index in [0.29, 0.717) is 30.2 Å². The van der Waals surface area contributed by atoms with Crippen LogP contribution in [-0.4, -0.2) is 35.4 Å². The van der Waals surface area contributed by atoms with Gasteiger partial charge in [-0.05, 0) is 67.6 Å². The van der Waals surface area contributed by atoms with Crippen LogP contribution in [0.2, 0.25) is 5.02 Å². The lowest BCUT2D eigenvalue weighted by molar-refractivity contribution is -0.141. The normalized spacial score (nSPS) is 14.6. The molecule has 3 rings (SSSR count). The number of ether oxygens (including phenoxy) is 1. The van der Waals surface area contributed by atoms with Crippen LogP contribution in [0.1, 0.15) is 57.4 Å². The molecule has 1 unspecified atom stereocenters. The first-order valence-corrected chi connectivity index (χ1v) is 12.1. The van der Waals surface area contributed by atoms with Crippen LogP contribution in [0, 0.1) is 5.82 Å². The van der Waals surface area contributed by atoms with Gasteiger partial charge in [0, 0.05) is 24.0 Å². The van der Waals surface area contributed by atoms with Crippen LogP contribution in [0.15, 0.2) is 48.5 Å². The van der Waals surface area contributed by atoms with Crippen LogP contribution >= 0.6 is 11.6 Å². The van der Waals surface area contributed by atoms with Gasteiger partial charge in [-0.2, -0.15) is 0 Å². The monoisotopic (exact) mass is 474 g/mol. The Morgan fingerprint density at radius 3 is 2.42 bits per heavy atom. The Kier molecular flexibility index (Phi) is 9.55. The average Bonchev–Trinajstić information content (AvgIpc) is 3.32. The third-order valence-corrected chi connectivity index (χ3v) is 6.22. The van der Waals surface area contributed by atoms with Crippen LogP contribution in [0.25, 0.3) is 0 Å². The zero-order valence-electron chi connectivity index (χ0n) is 19.1. The van der Waals surface area contributed by atoms with E-state index in [4.69, 9.17) is 16.3 Å². The molecule has 178 valence electrons. The van der Waals surface area contributed by atoms with Crippen LogP contribution in [-0.2, 0) is 16.1 Å². The molecule has 0 heterocycles. The highest BCUT2D eigenvalue weighted by molar-refractivity contribution is 6.30. The fraction of sp³-hybridized carbons (Fsp3) is 0.462. The molecule has 1 N–H and O–H groups in total. The van der Waals surface area contributed by atoms with Gasteiger partial charge in [0.1, 0.15) is 17.6 Å². The number of hydrogen-bond acceptors (Lipinski definition) is 3. The van der Waals surface area contributed by atoms with Gasteiger partial charge in [0.25, 0.3) is 0 Å². The van der Waals surface area contributed by atoms with Gasteiger partial charge in [-0.25, -0.2) is 4.39 Å². The van der Waals surface area contributed by atoms with E-state index in [0.717, 1.165) is 31.2 Å². The Balaban J connectivity index is 1.63. The molecule has 7 heteroatoms. The van der Waals surface area contributed by atoms with Crippen molar-refractivity contribution in [2.75, 3.05) is 6.61 Å². The highest BCUT2D eigenvalue weighted by Crippen LogP contribution is 2.20. The van der Waals surface area contributed by atoms with Gasteiger partial charge in [0.2, 0.25) is 11.8 Å². The van der Waals surface area contributed by atoms with Crippen molar-refractivity contribution in [3.63, 3.8) is 0 Å². The molecule has 5 nitrogen and oxygen atoms in total. The molecule has 0 bridgehead atoms. The second-order valence-electron chi connectivity index (χ2n) is 8.47. The molecule has 0 spiro atoms. The largest absolute Gasteiger partial charge is 0.494 e. The number of rotatable bonds is 11. The van der Waals surface area contributed by atoms with Gasteiger partial charge in [0.15, 0.2) is 0 Å². The van der Waals surface area contributed by atoms with Crippen molar-refractivity contribution in [1.82, 2.24) is 10.2 Å². The summed E-state index contributed by atoms with van der Waals surface area (Å²) < 4.78 is 19.1. The molecule has 1 atom stereocenters. The number of carbonyl (C=O) groups is 2. The van der Waals surface area contributed by atoms with E-state index in [1.165, 1.54) is 12.1 Å². The number of nitrogens with zero attached hydrogens (tertiary/aromatic N) is 1. The quantitative estimate of drug-likeness (QED) is 0.437. The highest BCUT2D eigenvalue weighted by Gasteiger charge is 2.30. The molecule has 2 aromatic rings. The van der Waals surface area contributed by atoms with Crippen molar-refractivity contribution in [3.8, 4) is 5.75 Å². The Bertz CT molecular complexity index is 899. The van der Waals surface area contributed by atoms with E-state index in [2.05, 4.69) is 5.32 Å². The van der Waals surface area contributed by atoms with Crippen LogP contribution in [0.5, 0.6) is 5.75 Å². The van der Waals surface area contributed by atoms with Gasteiger partial charge in [0.05, 0.1) is 6.61 Å². The maximum Gasteiger partial charge on any atom is 0.243 e. The molecule has 0 saturated heterocycles. The smallest absolute Gasteiger partial charge is 0.243 e. The van der Waals surface area contributed by atoms with Crippen molar-refractivity contribution in [3.05, 3.63) is 64.9 Å². The fourth-order valence-corrected chi connectivity index (χ4v) is 4.29. The van der Waals surface area contributed by atoms with E-state index < -0.39 is 6.04 Å². The maximum absolute atomic E-state index is 13.4. The van der Waals surface area contributed by atoms with E-state index in [1.807, 2.05) is 6.92 Å². The summed E-state index contributed by atoms with van der Waals surface area (Å²) in [5.41, 5.74) is 0.786. The molecule has 1 aliphatic rings. The third-order valence-electron chi connectivity index (χ3n) is 5.97. The topological polar surface area (TPSA) is 58.6 Å². The van der Waals surface area contributed by atoms with Crippen LogP contribution in [0.3, 0.4) is 0 Å². The van der Waals surface area contributed by atoms with E-state index >= 15 is 0 Å². The number of hydrogen-bond donors (Lipinski definition) is 1. The summed E-state index contributed by atoms with van der Waals surface area (Å²) in [6, 6.07) is 12.7. The van der Waals surface area contributed by atoms with Crippen molar-refractivity contribution >= 4 is 23.4 Å². The molecule has 1 saturated carbocycles. The number of benzene rings is 2. The highest BCUT2D eigenvalue weighted by atomic mass is 35.5. The van der Waals surface area contributed by atoms with Gasteiger partial charge in [-0.15, -0.1) is 0 Å². The SMILES string of the molecule is CCC(C(=O)NC1CCCC1)N(Cc1ccc(F)cc1)C(=O)CCCOc1ccc(Cl)cc1. The minimum Gasteiger partial charge on any atom is -0.494 e. The first kappa shape index (κ1) is 25.0. The molecule has 2 aromatic carbocycles. The number of amides is 2. The number of nitrogens with one attached hydrogen (secondary N) is 1. The van der Waals surface area contributed by atoms with Gasteiger partial charge in [-0.3, -0.25) is 9.59 Å². The van der Waals surface area contributed by atoms with Crippen molar-refractivity contribution in [2.24, 2.45) is 0 Å². The second kappa shape index (κ2) is 12.6. The standard InChI is InChI=1S/C26H32ClFN2O3/c1-2-24(26(32)29-22-6-3-4-7-22)30(18-19-9-13-21(28)14-10-19)25(31)8-5-17-33-23-15-11-20(27)12-16-23/h9-16,22,24H,2-8,17-18H2,1H3,(H,29,32). The Labute approximate surface area is 200 Å². The molecule has 33 heavy (non-hydrogen) atoms. The summed E-state index contributed by atoms with van der Waals surface area (Å²) in [4.78, 5) is 27.9. The van der Waals surface area contributed by atoms with Crippen molar-refractivity contribution in [1.29, 1.82) is 0 Å². The van der Waals surface area contributed by atoms with Crippen LogP contribution in [0.4, 0.5) is 4.39 Å². The van der Waals surface area contributed by atoms with E-state index in [1.54, 1.807) is 41.3 Å². The number of halogens is 2. The fourth-order valence-electron chi connectivity index (χ4n) is 4.16. The van der Waals surface area contributed by atoms with E-state index in [-0.39, 0.29) is 36.6 Å². The Morgan fingerprint density at radius 2 is 1.79 bits per heavy atom. The van der Waals surface area contributed by atoms with Gasteiger partial charge >= 0.3 is 0 Å². The Morgan fingerprint density at radius 1 is 1.12 bits per heavy atom. The zero-order chi connectivity index (χ0) is 23.6. The Hall–Kier alpha value is -2.60. The van der Waals surface area contributed by atoms with Crippen molar-refractivity contribution in [2.45, 2.75) is 70.5 Å². The minimum atomic E-state index is -0.569. The van der Waals surface area contributed by atoms with E-state index in [9.17, 15) is 14.0 Å². The minimum absolute atomic E-state index is 0.114. The first-order valence-electron chi connectivity index (χ1n) is 11.7. The summed E-state index contributed by atoms with van der Waals surface area (Å²) >= 11 is 5.89. The number of carbonyl (C=O) groups excluding carboxylic acids is 2. The predicted molar refractivity (Wildman–Crippen MR) is 128 cm³/mol. The summed E-state index contributed by atoms with van der Waals surface area (Å²) in [5, 5.41) is 3.76. The molecular formula is C26H32ClFN2O3. The summed E-state index contributed by atoms with van der Waals surface area (Å²) in [5.74, 6) is 0.129. The first-order chi connectivity index (χ1) is 16.0. The lowest BCUT2D eigenvalue weighted by atomic mass is 10.1. The van der Waals surface area contributed by atoms with Crippen LogP contribution < -0.4 is 10.1 Å². The summed E-state index contributed by atoms with van der Waals surface area (Å²) in [6.45, 7) is 2.55. The zero-order valence-corrected chi connectivity index (χ0v) is 19.8. The lowest BCUT2D eigenvalue weighted by Crippen LogP contribution is -2.50. The molecule has 1 fully saturated rings. The summed E-state index contributed by atoms with van der Waals surface area (Å²) in [6.07, 6.45) is 5.48. The third kappa shape index (κ3) is 7.74. The molecule has 0 aliphatic heterocycles. The molecule has 0 radical (unpaired) electrons. The molecule has 2 amide bonds. The molecule has 1 aliphatic carbocycles. The van der Waals surface area contributed by atoms with Crippen molar-refractivity contribution < 1.29 is 18.7 Å². The second-order valence-corrected chi connectivity index (χ2v) is 8.90.